The maximum absolute atomic E-state index is 11.1. The molecule has 0 aliphatic heterocycles. The molecule has 0 unspecified atom stereocenters. The van der Waals surface area contributed by atoms with Crippen molar-refractivity contribution in [2.45, 2.75) is 0 Å². The summed E-state index contributed by atoms with van der Waals surface area (Å²) >= 11 is 0. The molecule has 0 amide bonds. The molecule has 0 saturated heterocycles. The van der Waals surface area contributed by atoms with Gasteiger partial charge in [-0.25, -0.2) is 23.9 Å². The van der Waals surface area contributed by atoms with Gasteiger partial charge in [0.25, 0.3) is 0 Å². The summed E-state index contributed by atoms with van der Waals surface area (Å²) < 4.78 is 2.61. The fraction of sp³-hybridized carbons (Fsp3) is 0. The van der Waals surface area contributed by atoms with Crippen LogP contribution in [-0.2, 0) is 0 Å². The van der Waals surface area contributed by atoms with Crippen LogP contribution in [-0.4, -0.2) is 67.3 Å². The van der Waals surface area contributed by atoms with Crippen LogP contribution >= 0.6 is 0 Å². The number of nitriles is 1. The zero-order valence-corrected chi connectivity index (χ0v) is 19.0. The highest BCUT2D eigenvalue weighted by Gasteiger charge is 2.17. The Balaban J connectivity index is 1.48. The summed E-state index contributed by atoms with van der Waals surface area (Å²) in [5.74, 6) is -3.42. The maximum atomic E-state index is 11.1. The van der Waals surface area contributed by atoms with Gasteiger partial charge in [0.2, 0.25) is 0 Å². The Kier molecular flexibility index (Phi) is 5.70. The Labute approximate surface area is 211 Å². The highest BCUT2D eigenvalue weighted by molar-refractivity contribution is 5.91. The van der Waals surface area contributed by atoms with Crippen molar-refractivity contribution in [3.05, 3.63) is 77.6 Å². The number of benzene rings is 2. The van der Waals surface area contributed by atoms with Crippen LogP contribution in [0.1, 0.15) is 26.3 Å². The highest BCUT2D eigenvalue weighted by atomic mass is 16.4. The van der Waals surface area contributed by atoms with Gasteiger partial charge >= 0.3 is 11.9 Å². The van der Waals surface area contributed by atoms with Gasteiger partial charge < -0.3 is 20.4 Å². The van der Waals surface area contributed by atoms with E-state index in [0.29, 0.717) is 22.8 Å². The van der Waals surface area contributed by atoms with E-state index < -0.39 is 23.4 Å². The topological polar surface area (TPSA) is 213 Å². The zero-order chi connectivity index (χ0) is 27.0. The normalized spacial score (nSPS) is 10.7. The summed E-state index contributed by atoms with van der Waals surface area (Å²) in [6.45, 7) is 0. The lowest BCUT2D eigenvalue weighted by Gasteiger charge is -2.04. The maximum Gasteiger partial charge on any atom is 0.339 e. The molecular formula is C24H14N8O6. The molecule has 0 radical (unpaired) electrons. The Morgan fingerprint density at radius 1 is 0.737 bits per heavy atom. The highest BCUT2D eigenvalue weighted by Crippen LogP contribution is 2.27. The first-order valence-corrected chi connectivity index (χ1v) is 10.6. The molecule has 3 aromatic heterocycles. The van der Waals surface area contributed by atoms with Crippen LogP contribution in [0.5, 0.6) is 11.5 Å². The fourth-order valence-corrected chi connectivity index (χ4v) is 3.58. The van der Waals surface area contributed by atoms with Crippen molar-refractivity contribution in [2.24, 2.45) is 0 Å². The van der Waals surface area contributed by atoms with E-state index >= 15 is 0 Å². The predicted octanol–water partition coefficient (Wildman–Crippen LogP) is 2.26. The molecule has 2 aromatic carbocycles. The molecule has 0 saturated carbocycles. The van der Waals surface area contributed by atoms with Crippen molar-refractivity contribution in [1.29, 1.82) is 5.26 Å². The van der Waals surface area contributed by atoms with Gasteiger partial charge in [0.05, 0.1) is 35.0 Å². The predicted molar refractivity (Wildman–Crippen MR) is 127 cm³/mol. The van der Waals surface area contributed by atoms with Crippen molar-refractivity contribution < 1.29 is 30.0 Å². The molecular weight excluding hydrogens is 496 g/mol. The Hall–Kier alpha value is -6.10. The van der Waals surface area contributed by atoms with E-state index in [1.165, 1.54) is 64.2 Å². The second-order valence-corrected chi connectivity index (χ2v) is 7.81. The summed E-state index contributed by atoms with van der Waals surface area (Å²) in [6.07, 6.45) is 2.98. The van der Waals surface area contributed by atoms with E-state index in [9.17, 15) is 25.1 Å². The van der Waals surface area contributed by atoms with Crippen LogP contribution in [0.3, 0.4) is 0 Å². The van der Waals surface area contributed by atoms with Crippen LogP contribution in [0.25, 0.3) is 34.2 Å². The molecule has 5 rings (SSSR count). The van der Waals surface area contributed by atoms with Gasteiger partial charge in [-0.05, 0) is 36.4 Å². The van der Waals surface area contributed by atoms with Crippen molar-refractivity contribution in [3.63, 3.8) is 0 Å². The van der Waals surface area contributed by atoms with E-state index in [0.717, 1.165) is 0 Å². The first kappa shape index (κ1) is 23.6. The molecule has 4 N–H and O–H groups in total. The smallest absolute Gasteiger partial charge is 0.339 e. The number of aromatic carboxylic acids is 2. The van der Waals surface area contributed by atoms with Crippen LogP contribution in [0.2, 0.25) is 0 Å². The van der Waals surface area contributed by atoms with Gasteiger partial charge in [0, 0.05) is 12.1 Å². The second kappa shape index (κ2) is 9.17. The zero-order valence-electron chi connectivity index (χ0n) is 19.0. The van der Waals surface area contributed by atoms with Gasteiger partial charge in [-0.2, -0.15) is 5.26 Å². The lowest BCUT2D eigenvalue weighted by atomic mass is 10.1. The van der Waals surface area contributed by atoms with Crippen LogP contribution < -0.4 is 0 Å². The van der Waals surface area contributed by atoms with Crippen LogP contribution in [0.15, 0.2) is 60.9 Å². The number of rotatable bonds is 6. The van der Waals surface area contributed by atoms with E-state index in [1.807, 2.05) is 6.07 Å². The number of carboxylic acid groups (broad SMARTS) is 2. The van der Waals surface area contributed by atoms with Crippen LogP contribution in [0, 0.1) is 11.3 Å². The molecule has 0 atom stereocenters. The number of nitrogens with zero attached hydrogens (tertiary/aromatic N) is 8. The number of hydrogen-bond acceptors (Lipinski definition) is 10. The summed E-state index contributed by atoms with van der Waals surface area (Å²) in [5.41, 5.74) is 1.46. The quantitative estimate of drug-likeness (QED) is 0.259. The molecule has 186 valence electrons. The average molecular weight is 510 g/mol. The second-order valence-electron chi connectivity index (χ2n) is 7.81. The van der Waals surface area contributed by atoms with E-state index in [1.54, 1.807) is 6.07 Å². The molecule has 14 heteroatoms. The minimum atomic E-state index is -1.28. The van der Waals surface area contributed by atoms with Gasteiger partial charge in [0.1, 0.15) is 45.8 Å². The summed E-state index contributed by atoms with van der Waals surface area (Å²) in [5, 5.41) is 63.8. The Morgan fingerprint density at radius 3 is 1.76 bits per heavy atom. The number of carbonyl (C=O) groups is 2. The number of aromatic nitrogens is 7. The Morgan fingerprint density at radius 2 is 1.26 bits per heavy atom. The number of carboxylic acids is 2. The van der Waals surface area contributed by atoms with Crippen molar-refractivity contribution >= 4 is 11.9 Å². The largest absolute Gasteiger partial charge is 0.507 e. The van der Waals surface area contributed by atoms with Crippen LogP contribution in [0.4, 0.5) is 0 Å². The molecule has 14 nitrogen and oxygen atoms in total. The van der Waals surface area contributed by atoms with Gasteiger partial charge in [-0.3, -0.25) is 0 Å². The van der Waals surface area contributed by atoms with E-state index in [4.69, 9.17) is 10.2 Å². The molecule has 0 aliphatic carbocycles. The third-order valence-electron chi connectivity index (χ3n) is 5.46. The first-order valence-electron chi connectivity index (χ1n) is 10.6. The lowest BCUT2D eigenvalue weighted by Crippen LogP contribution is -2.00. The lowest BCUT2D eigenvalue weighted by molar-refractivity contribution is 0.0682. The minimum absolute atomic E-state index is 0.195. The summed E-state index contributed by atoms with van der Waals surface area (Å²) in [6, 6.07) is 12.9. The van der Waals surface area contributed by atoms with Gasteiger partial charge in [0.15, 0.2) is 0 Å². The molecule has 38 heavy (non-hydrogen) atoms. The first-order chi connectivity index (χ1) is 18.2. The number of hydrogen-bond donors (Lipinski definition) is 4. The Bertz CT molecular complexity index is 1780. The van der Waals surface area contributed by atoms with E-state index in [2.05, 4.69) is 25.6 Å². The van der Waals surface area contributed by atoms with Gasteiger partial charge in [-0.15, -0.1) is 10.2 Å². The van der Waals surface area contributed by atoms with Crippen molar-refractivity contribution in [2.75, 3.05) is 0 Å². The van der Waals surface area contributed by atoms with E-state index in [-0.39, 0.29) is 28.1 Å². The monoisotopic (exact) mass is 510 g/mol. The molecule has 0 spiro atoms. The molecule has 0 bridgehead atoms. The standard InChI is InChI=1S/C24H14N8O6/c25-9-12-1-6-17(18-10-31(29-27-18)13-2-4-15(23(35)36)20(33)7-13)26-22(12)19-11-32(30-28-19)14-3-5-16(24(37)38)21(34)8-14/h1-8,10-11,33-34H,(H,35,36)(H,37,38). The third kappa shape index (κ3) is 4.22. The molecule has 0 aliphatic rings. The SMILES string of the molecule is N#Cc1ccc(-c2cn(-c3ccc(C(=O)O)c(O)c3)nn2)nc1-c1cn(-c2ccc(C(=O)O)c(O)c2)nn1. The minimum Gasteiger partial charge on any atom is -0.507 e. The van der Waals surface area contributed by atoms with Crippen molar-refractivity contribution in [1.82, 2.24) is 35.0 Å². The number of aromatic hydroxyl groups is 2. The molecule has 3 heterocycles. The number of pyridine rings is 1. The summed E-state index contributed by atoms with van der Waals surface area (Å²) in [7, 11) is 0. The number of phenols is 2. The average Bonchev–Trinajstić information content (AvgIpc) is 3.58. The summed E-state index contributed by atoms with van der Waals surface area (Å²) in [4.78, 5) is 26.8. The van der Waals surface area contributed by atoms with Gasteiger partial charge in [-0.1, -0.05) is 10.4 Å². The molecule has 5 aromatic rings. The van der Waals surface area contributed by atoms with Crippen molar-refractivity contribution in [3.8, 4) is 51.7 Å². The fourth-order valence-electron chi connectivity index (χ4n) is 3.58. The third-order valence-corrected chi connectivity index (χ3v) is 5.46. The molecule has 0 fully saturated rings.